The topological polar surface area (TPSA) is 75.0 Å². The number of nitrogens with zero attached hydrogens (tertiary/aromatic N) is 5. The molecule has 0 aromatic carbocycles. The molecule has 132 valence electrons. The van der Waals surface area contributed by atoms with Crippen molar-refractivity contribution in [2.45, 2.75) is 13.0 Å². The summed E-state index contributed by atoms with van der Waals surface area (Å²) in [6, 6.07) is 3.54. The molecule has 0 N–H and O–H groups in total. The summed E-state index contributed by atoms with van der Waals surface area (Å²) in [6.07, 6.45) is 0. The molecule has 3 heterocycles. The normalized spacial score (nSPS) is 25.0. The largest absolute Gasteiger partial charge is 0.379 e. The minimum atomic E-state index is -0.350. The molecule has 0 aliphatic carbocycles. The van der Waals surface area contributed by atoms with Gasteiger partial charge in [0, 0.05) is 46.3 Å². The number of aromatic nitrogens is 1. The van der Waals surface area contributed by atoms with Crippen LogP contribution >= 0.6 is 0 Å². The smallest absolute Gasteiger partial charge is 0.276 e. The lowest BCUT2D eigenvalue weighted by Gasteiger charge is -2.34. The van der Waals surface area contributed by atoms with Gasteiger partial charge in [0.1, 0.15) is 11.6 Å². The Labute approximate surface area is 142 Å². The van der Waals surface area contributed by atoms with Crippen molar-refractivity contribution >= 4 is 17.3 Å². The van der Waals surface area contributed by atoms with Crippen LogP contribution in [0.1, 0.15) is 6.92 Å². The van der Waals surface area contributed by atoms with Crippen LogP contribution in [0.15, 0.2) is 12.1 Å². The van der Waals surface area contributed by atoms with Gasteiger partial charge in [0.15, 0.2) is 0 Å². The van der Waals surface area contributed by atoms with E-state index in [1.54, 1.807) is 11.0 Å². The Morgan fingerprint density at radius 1 is 1.29 bits per heavy atom. The van der Waals surface area contributed by atoms with E-state index in [4.69, 9.17) is 4.74 Å². The van der Waals surface area contributed by atoms with Gasteiger partial charge in [-0.2, -0.15) is 0 Å². The van der Waals surface area contributed by atoms with Gasteiger partial charge in [-0.25, -0.2) is 4.98 Å². The number of rotatable bonds is 4. The van der Waals surface area contributed by atoms with Crippen molar-refractivity contribution in [1.29, 1.82) is 0 Å². The fourth-order valence-electron chi connectivity index (χ4n) is 3.51. The van der Waals surface area contributed by atoms with E-state index in [9.17, 15) is 10.1 Å². The first-order valence-corrected chi connectivity index (χ1v) is 8.36. The molecule has 1 aromatic rings. The van der Waals surface area contributed by atoms with Crippen molar-refractivity contribution in [3.05, 3.63) is 22.2 Å². The Hall–Kier alpha value is -1.93. The summed E-state index contributed by atoms with van der Waals surface area (Å²) in [6.45, 7) is 7.42. The first-order valence-electron chi connectivity index (χ1n) is 8.36. The van der Waals surface area contributed by atoms with Gasteiger partial charge in [-0.1, -0.05) is 6.92 Å². The summed E-state index contributed by atoms with van der Waals surface area (Å²) < 4.78 is 5.44. The highest BCUT2D eigenvalue weighted by Gasteiger charge is 2.35. The third kappa shape index (κ3) is 3.44. The van der Waals surface area contributed by atoms with Crippen molar-refractivity contribution in [2.75, 3.05) is 63.3 Å². The summed E-state index contributed by atoms with van der Waals surface area (Å²) in [4.78, 5) is 21.9. The third-order valence-electron chi connectivity index (χ3n) is 4.86. The lowest BCUT2D eigenvalue weighted by atomic mass is 10.0. The second-order valence-electron chi connectivity index (χ2n) is 6.79. The maximum Gasteiger partial charge on any atom is 0.276 e. The van der Waals surface area contributed by atoms with Crippen LogP contribution in [-0.2, 0) is 4.74 Å². The molecule has 3 rings (SSSR count). The Morgan fingerprint density at radius 3 is 2.62 bits per heavy atom. The number of nitro groups is 1. The molecule has 0 radical (unpaired) electrons. The van der Waals surface area contributed by atoms with Gasteiger partial charge >= 0.3 is 0 Å². The molecule has 24 heavy (non-hydrogen) atoms. The Kier molecular flexibility index (Phi) is 4.86. The summed E-state index contributed by atoms with van der Waals surface area (Å²) in [5, 5.41) is 11.2. The monoisotopic (exact) mass is 335 g/mol. The van der Waals surface area contributed by atoms with E-state index in [1.807, 2.05) is 14.1 Å². The Balaban J connectivity index is 1.82. The zero-order valence-electron chi connectivity index (χ0n) is 14.5. The van der Waals surface area contributed by atoms with Crippen molar-refractivity contribution in [3.8, 4) is 0 Å². The standard InChI is InChI=1S/C16H25N5O3/c1-12-10-20(11-14(12)19-4-6-24-7-5-19)16-9-13(21(22)23)8-15(17-16)18(2)3/h8-9,12,14H,4-7,10-11H2,1-3H3. The molecule has 2 aliphatic heterocycles. The summed E-state index contributed by atoms with van der Waals surface area (Å²) >= 11 is 0. The summed E-state index contributed by atoms with van der Waals surface area (Å²) in [5.41, 5.74) is 0.0891. The summed E-state index contributed by atoms with van der Waals surface area (Å²) in [5.74, 6) is 1.80. The minimum absolute atomic E-state index is 0.0891. The SMILES string of the molecule is CC1CN(c2cc([N+](=O)[O-])cc(N(C)C)n2)CC1N1CCOCC1. The Bertz CT molecular complexity index is 603. The van der Waals surface area contributed by atoms with E-state index in [2.05, 4.69) is 21.7 Å². The lowest BCUT2D eigenvalue weighted by Crippen LogP contribution is -2.46. The number of morpholine rings is 1. The van der Waals surface area contributed by atoms with Gasteiger partial charge in [-0.3, -0.25) is 15.0 Å². The molecular weight excluding hydrogens is 310 g/mol. The number of anilines is 2. The minimum Gasteiger partial charge on any atom is -0.379 e. The first kappa shape index (κ1) is 16.9. The van der Waals surface area contributed by atoms with Crippen LogP contribution in [0.5, 0.6) is 0 Å². The van der Waals surface area contributed by atoms with Crippen molar-refractivity contribution in [3.63, 3.8) is 0 Å². The molecule has 8 heteroatoms. The maximum atomic E-state index is 11.2. The van der Waals surface area contributed by atoms with Gasteiger partial charge in [-0.05, 0) is 5.92 Å². The van der Waals surface area contributed by atoms with E-state index in [1.165, 1.54) is 6.07 Å². The molecule has 1 aromatic heterocycles. The zero-order chi connectivity index (χ0) is 17.3. The second-order valence-corrected chi connectivity index (χ2v) is 6.79. The zero-order valence-corrected chi connectivity index (χ0v) is 14.5. The van der Waals surface area contributed by atoms with Gasteiger partial charge in [-0.15, -0.1) is 0 Å². The predicted molar refractivity (Wildman–Crippen MR) is 92.8 cm³/mol. The van der Waals surface area contributed by atoms with E-state index in [0.717, 1.165) is 39.4 Å². The quantitative estimate of drug-likeness (QED) is 0.605. The molecule has 2 saturated heterocycles. The predicted octanol–water partition coefficient (Wildman–Crippen LogP) is 1.21. The molecule has 2 fully saturated rings. The molecular formula is C16H25N5O3. The molecule has 2 atom stereocenters. The van der Waals surface area contributed by atoms with Crippen LogP contribution in [0.25, 0.3) is 0 Å². The van der Waals surface area contributed by atoms with Crippen molar-refractivity contribution in [2.24, 2.45) is 5.92 Å². The molecule has 0 saturated carbocycles. The highest BCUT2D eigenvalue weighted by Crippen LogP contribution is 2.30. The number of pyridine rings is 1. The van der Waals surface area contributed by atoms with Crippen molar-refractivity contribution in [1.82, 2.24) is 9.88 Å². The van der Waals surface area contributed by atoms with Gasteiger partial charge < -0.3 is 14.5 Å². The molecule has 0 amide bonds. The van der Waals surface area contributed by atoms with Crippen LogP contribution in [0.2, 0.25) is 0 Å². The molecule has 0 spiro atoms. The van der Waals surface area contributed by atoms with E-state index >= 15 is 0 Å². The molecule has 0 bridgehead atoms. The number of hydrogen-bond acceptors (Lipinski definition) is 7. The van der Waals surface area contributed by atoms with E-state index in [0.29, 0.717) is 23.6 Å². The molecule has 2 aliphatic rings. The number of hydrogen-bond donors (Lipinski definition) is 0. The summed E-state index contributed by atoms with van der Waals surface area (Å²) in [7, 11) is 3.69. The Morgan fingerprint density at radius 2 is 2.00 bits per heavy atom. The fraction of sp³-hybridized carbons (Fsp3) is 0.688. The van der Waals surface area contributed by atoms with E-state index < -0.39 is 0 Å². The van der Waals surface area contributed by atoms with Gasteiger partial charge in [0.2, 0.25) is 0 Å². The van der Waals surface area contributed by atoms with Gasteiger partial charge in [0.05, 0.1) is 30.3 Å². The highest BCUT2D eigenvalue weighted by atomic mass is 16.6. The van der Waals surface area contributed by atoms with Crippen LogP contribution in [0.3, 0.4) is 0 Å². The third-order valence-corrected chi connectivity index (χ3v) is 4.86. The molecule has 2 unspecified atom stereocenters. The van der Waals surface area contributed by atoms with Crippen LogP contribution < -0.4 is 9.80 Å². The van der Waals surface area contributed by atoms with Crippen LogP contribution in [-0.4, -0.2) is 74.3 Å². The molecule has 8 nitrogen and oxygen atoms in total. The average Bonchev–Trinajstić information content (AvgIpc) is 2.97. The highest BCUT2D eigenvalue weighted by molar-refractivity contribution is 5.57. The maximum absolute atomic E-state index is 11.2. The van der Waals surface area contributed by atoms with E-state index in [-0.39, 0.29) is 10.6 Å². The van der Waals surface area contributed by atoms with Crippen LogP contribution in [0.4, 0.5) is 17.3 Å². The second kappa shape index (κ2) is 6.90. The average molecular weight is 335 g/mol. The van der Waals surface area contributed by atoms with Crippen LogP contribution in [0, 0.1) is 16.0 Å². The number of ether oxygens (including phenoxy) is 1. The van der Waals surface area contributed by atoms with Crippen molar-refractivity contribution < 1.29 is 9.66 Å². The van der Waals surface area contributed by atoms with Gasteiger partial charge in [0.25, 0.3) is 5.69 Å². The first-order chi connectivity index (χ1) is 11.5. The lowest BCUT2D eigenvalue weighted by molar-refractivity contribution is -0.384. The fourth-order valence-corrected chi connectivity index (χ4v) is 3.51.